The summed E-state index contributed by atoms with van der Waals surface area (Å²) in [5, 5.41) is 17.6. The summed E-state index contributed by atoms with van der Waals surface area (Å²) in [6, 6.07) is 0. The molecule has 0 amide bonds. The van der Waals surface area contributed by atoms with Crippen molar-refractivity contribution in [2.24, 2.45) is 0 Å². The van der Waals surface area contributed by atoms with Crippen LogP contribution in [0.25, 0.3) is 0 Å². The van der Waals surface area contributed by atoms with E-state index in [-0.39, 0.29) is 6.61 Å². The van der Waals surface area contributed by atoms with Crippen LogP contribution in [-0.4, -0.2) is 41.4 Å². The van der Waals surface area contributed by atoms with Crippen molar-refractivity contribution in [3.63, 3.8) is 0 Å². The fourth-order valence-corrected chi connectivity index (χ4v) is 0.746. The quantitative estimate of drug-likeness (QED) is 0.417. The zero-order valence-electron chi connectivity index (χ0n) is 4.73. The van der Waals surface area contributed by atoms with Gasteiger partial charge in [-0.1, -0.05) is 0 Å². The van der Waals surface area contributed by atoms with Crippen molar-refractivity contribution < 1.29 is 19.7 Å². The highest BCUT2D eigenvalue weighted by Crippen LogP contribution is 2.11. The topological polar surface area (TPSA) is 66.8 Å². The molecule has 0 aromatic rings. The van der Waals surface area contributed by atoms with E-state index in [0.29, 0.717) is 6.29 Å². The number of carbonyl (C=O) groups is 1. The molecule has 0 saturated carbocycles. The highest BCUT2D eigenvalue weighted by Gasteiger charge is 2.33. The summed E-state index contributed by atoms with van der Waals surface area (Å²) in [5.41, 5.74) is 0. The normalized spacial score (nSPS) is 43.1. The van der Waals surface area contributed by atoms with Crippen LogP contribution in [0.4, 0.5) is 0 Å². The second-order valence-corrected chi connectivity index (χ2v) is 1.99. The first-order chi connectivity index (χ1) is 4.25. The molecule has 4 heteroatoms. The average Bonchev–Trinajstić information content (AvgIpc) is 2.15. The molecule has 4 nitrogen and oxygen atoms in total. The minimum Gasteiger partial charge on any atom is -0.388 e. The lowest BCUT2D eigenvalue weighted by molar-refractivity contribution is -0.119. The first-order valence-corrected chi connectivity index (χ1v) is 2.68. The van der Waals surface area contributed by atoms with Gasteiger partial charge in [0.1, 0.15) is 18.3 Å². The van der Waals surface area contributed by atoms with E-state index in [1.54, 1.807) is 0 Å². The Kier molecular flexibility index (Phi) is 1.80. The van der Waals surface area contributed by atoms with Crippen molar-refractivity contribution in [3.8, 4) is 0 Å². The van der Waals surface area contributed by atoms with Crippen LogP contribution in [0.1, 0.15) is 0 Å². The zero-order chi connectivity index (χ0) is 6.85. The SMILES string of the molecule is O=C[C@H]1OCC(O)C1O. The van der Waals surface area contributed by atoms with Crippen LogP contribution in [0.5, 0.6) is 0 Å². The van der Waals surface area contributed by atoms with Gasteiger partial charge in [0, 0.05) is 0 Å². The van der Waals surface area contributed by atoms with E-state index in [4.69, 9.17) is 10.2 Å². The molecule has 2 N–H and O–H groups in total. The molecule has 9 heavy (non-hydrogen) atoms. The number of aldehydes is 1. The van der Waals surface area contributed by atoms with E-state index in [1.165, 1.54) is 0 Å². The number of hydrogen-bond donors (Lipinski definition) is 2. The summed E-state index contributed by atoms with van der Waals surface area (Å²) in [4.78, 5) is 9.97. The van der Waals surface area contributed by atoms with Crippen LogP contribution in [0.15, 0.2) is 0 Å². The van der Waals surface area contributed by atoms with Crippen LogP contribution in [0.2, 0.25) is 0 Å². The Bertz CT molecular complexity index is 114. The Morgan fingerprint density at radius 1 is 1.56 bits per heavy atom. The standard InChI is InChI=1S/C5H8O4/c6-1-4-5(8)3(7)2-9-4/h1,3-5,7-8H,2H2/t3?,4-,5?/m1/s1. The number of aliphatic hydroxyl groups excluding tert-OH is 2. The third-order valence-electron chi connectivity index (χ3n) is 1.32. The van der Waals surface area contributed by atoms with Crippen molar-refractivity contribution in [1.82, 2.24) is 0 Å². The first kappa shape index (κ1) is 6.67. The van der Waals surface area contributed by atoms with Gasteiger partial charge in [0.15, 0.2) is 6.29 Å². The lowest BCUT2D eigenvalue weighted by Gasteiger charge is -2.06. The smallest absolute Gasteiger partial charge is 0.151 e. The largest absolute Gasteiger partial charge is 0.388 e. The Labute approximate surface area is 52.1 Å². The summed E-state index contributed by atoms with van der Waals surface area (Å²) in [5.74, 6) is 0. The summed E-state index contributed by atoms with van der Waals surface area (Å²) in [7, 11) is 0. The third-order valence-corrected chi connectivity index (χ3v) is 1.32. The number of ether oxygens (including phenoxy) is 1. The van der Waals surface area contributed by atoms with E-state index >= 15 is 0 Å². The van der Waals surface area contributed by atoms with E-state index in [1.807, 2.05) is 0 Å². The van der Waals surface area contributed by atoms with Crippen LogP contribution in [0, 0.1) is 0 Å². The minimum atomic E-state index is -1.04. The molecule has 1 fully saturated rings. The monoisotopic (exact) mass is 132 g/mol. The van der Waals surface area contributed by atoms with Gasteiger partial charge in [0.2, 0.25) is 0 Å². The fourth-order valence-electron chi connectivity index (χ4n) is 0.746. The molecule has 52 valence electrons. The number of hydrogen-bond acceptors (Lipinski definition) is 4. The Morgan fingerprint density at radius 3 is 2.44 bits per heavy atom. The molecule has 2 unspecified atom stereocenters. The van der Waals surface area contributed by atoms with Crippen LogP contribution >= 0.6 is 0 Å². The van der Waals surface area contributed by atoms with Gasteiger partial charge in [0.25, 0.3) is 0 Å². The maximum absolute atomic E-state index is 9.97. The Morgan fingerprint density at radius 2 is 2.22 bits per heavy atom. The molecule has 1 aliphatic rings. The molecule has 1 heterocycles. The summed E-state index contributed by atoms with van der Waals surface area (Å²) in [6.07, 6.45) is -2.29. The summed E-state index contributed by atoms with van der Waals surface area (Å²) < 4.78 is 4.66. The first-order valence-electron chi connectivity index (χ1n) is 2.68. The molecule has 1 aliphatic heterocycles. The van der Waals surface area contributed by atoms with Gasteiger partial charge >= 0.3 is 0 Å². The van der Waals surface area contributed by atoms with Crippen LogP contribution in [-0.2, 0) is 9.53 Å². The van der Waals surface area contributed by atoms with Gasteiger partial charge in [0.05, 0.1) is 6.61 Å². The van der Waals surface area contributed by atoms with E-state index in [0.717, 1.165) is 0 Å². The molecule has 3 atom stereocenters. The molecule has 0 radical (unpaired) electrons. The molecule has 0 aromatic heterocycles. The Hall–Kier alpha value is -0.450. The maximum Gasteiger partial charge on any atom is 0.151 e. The number of rotatable bonds is 1. The minimum absolute atomic E-state index is 0.0462. The van der Waals surface area contributed by atoms with Crippen molar-refractivity contribution in [1.29, 1.82) is 0 Å². The van der Waals surface area contributed by atoms with Gasteiger partial charge in [-0.05, 0) is 0 Å². The lowest BCUT2D eigenvalue weighted by atomic mass is 10.2. The highest BCUT2D eigenvalue weighted by molar-refractivity contribution is 5.57. The molecular formula is C5H8O4. The predicted molar refractivity (Wildman–Crippen MR) is 27.8 cm³/mol. The lowest BCUT2D eigenvalue weighted by Crippen LogP contribution is -2.30. The molecule has 0 aromatic carbocycles. The van der Waals surface area contributed by atoms with E-state index < -0.39 is 18.3 Å². The number of carbonyl (C=O) groups excluding carboxylic acids is 1. The molecule has 0 spiro atoms. The van der Waals surface area contributed by atoms with Crippen LogP contribution < -0.4 is 0 Å². The van der Waals surface area contributed by atoms with Crippen molar-refractivity contribution in [2.45, 2.75) is 18.3 Å². The van der Waals surface area contributed by atoms with Gasteiger partial charge in [-0.3, -0.25) is 0 Å². The molecule has 0 aliphatic carbocycles. The molecule has 1 saturated heterocycles. The molecule has 0 bridgehead atoms. The van der Waals surface area contributed by atoms with Crippen molar-refractivity contribution in [3.05, 3.63) is 0 Å². The second kappa shape index (κ2) is 2.43. The fraction of sp³-hybridized carbons (Fsp3) is 0.800. The Balaban J connectivity index is 2.50. The predicted octanol–water partition coefficient (Wildman–Crippen LogP) is -1.69. The van der Waals surface area contributed by atoms with Gasteiger partial charge in [-0.2, -0.15) is 0 Å². The summed E-state index contributed by atoms with van der Waals surface area (Å²) in [6.45, 7) is 0.0462. The van der Waals surface area contributed by atoms with Gasteiger partial charge in [-0.15, -0.1) is 0 Å². The average molecular weight is 132 g/mol. The maximum atomic E-state index is 9.97. The summed E-state index contributed by atoms with van der Waals surface area (Å²) >= 11 is 0. The highest BCUT2D eigenvalue weighted by atomic mass is 16.5. The van der Waals surface area contributed by atoms with Gasteiger partial charge in [-0.25, -0.2) is 0 Å². The van der Waals surface area contributed by atoms with E-state index in [9.17, 15) is 4.79 Å². The van der Waals surface area contributed by atoms with Crippen molar-refractivity contribution in [2.75, 3.05) is 6.61 Å². The zero-order valence-corrected chi connectivity index (χ0v) is 4.73. The molecular weight excluding hydrogens is 124 g/mol. The molecule has 1 rings (SSSR count). The number of aliphatic hydroxyl groups is 2. The van der Waals surface area contributed by atoms with E-state index in [2.05, 4.69) is 4.74 Å². The van der Waals surface area contributed by atoms with Crippen LogP contribution in [0.3, 0.4) is 0 Å². The second-order valence-electron chi connectivity index (χ2n) is 1.99. The van der Waals surface area contributed by atoms with Gasteiger partial charge < -0.3 is 19.7 Å². The third kappa shape index (κ3) is 1.10. The van der Waals surface area contributed by atoms with Crippen molar-refractivity contribution >= 4 is 6.29 Å².